The van der Waals surface area contributed by atoms with Crippen LogP contribution in [0.4, 0.5) is 4.39 Å². The van der Waals surface area contributed by atoms with Gasteiger partial charge >= 0.3 is 0 Å². The molecule has 0 radical (unpaired) electrons. The predicted octanol–water partition coefficient (Wildman–Crippen LogP) is 3.81. The van der Waals surface area contributed by atoms with E-state index in [2.05, 4.69) is 23.3 Å². The number of halogens is 2. The molecule has 0 amide bonds. The Morgan fingerprint density at radius 1 is 1.24 bits per heavy atom. The van der Waals surface area contributed by atoms with Crippen molar-refractivity contribution in [2.45, 2.75) is 32.2 Å². The van der Waals surface area contributed by atoms with Crippen LogP contribution in [0.15, 0.2) is 36.5 Å². The summed E-state index contributed by atoms with van der Waals surface area (Å²) in [7, 11) is 1.88. The summed E-state index contributed by atoms with van der Waals surface area (Å²) in [5, 5.41) is 3.40. The largest absolute Gasteiger partial charge is 0.316 e. The minimum Gasteiger partial charge on any atom is -0.316 e. The van der Waals surface area contributed by atoms with Crippen molar-refractivity contribution in [2.75, 3.05) is 7.05 Å². The molecule has 1 aromatic carbocycles. The maximum atomic E-state index is 14.0. The van der Waals surface area contributed by atoms with E-state index >= 15 is 0 Å². The van der Waals surface area contributed by atoms with Gasteiger partial charge in [0.05, 0.1) is 5.02 Å². The maximum Gasteiger partial charge on any atom is 0.145 e. The lowest BCUT2D eigenvalue weighted by Crippen LogP contribution is -2.30. The Morgan fingerprint density at radius 3 is 2.67 bits per heavy atom. The number of aryl methyl sites for hydroxylation is 1. The van der Waals surface area contributed by atoms with Gasteiger partial charge in [-0.15, -0.1) is 0 Å². The van der Waals surface area contributed by atoms with Gasteiger partial charge in [0.2, 0.25) is 0 Å². The summed E-state index contributed by atoms with van der Waals surface area (Å²) >= 11 is 5.83. The number of likely N-dealkylation sites (N-methyl/N-ethyl adjacent to an activating group) is 1. The fourth-order valence-electron chi connectivity index (χ4n) is 2.29. The first-order valence-electron chi connectivity index (χ1n) is 7.18. The zero-order valence-electron chi connectivity index (χ0n) is 12.4. The zero-order valence-corrected chi connectivity index (χ0v) is 13.1. The number of nitrogens with zero attached hydrogens (tertiary/aromatic N) is 1. The highest BCUT2D eigenvalue weighted by atomic mass is 35.5. The first-order valence-corrected chi connectivity index (χ1v) is 7.55. The van der Waals surface area contributed by atoms with Crippen LogP contribution in [0.5, 0.6) is 0 Å². The molecule has 4 heteroatoms. The van der Waals surface area contributed by atoms with E-state index in [1.807, 2.05) is 19.3 Å². The molecular formula is C17H20ClFN2. The third kappa shape index (κ3) is 4.26. The number of nitrogens with one attached hydrogen (secondary N) is 1. The molecule has 1 N–H and O–H groups in total. The van der Waals surface area contributed by atoms with Crippen molar-refractivity contribution in [2.24, 2.45) is 0 Å². The quantitative estimate of drug-likeness (QED) is 0.878. The molecule has 1 unspecified atom stereocenters. The van der Waals surface area contributed by atoms with Crippen LogP contribution in [0.3, 0.4) is 0 Å². The van der Waals surface area contributed by atoms with Crippen LogP contribution in [0.2, 0.25) is 5.02 Å². The van der Waals surface area contributed by atoms with Gasteiger partial charge < -0.3 is 5.32 Å². The number of rotatable bonds is 6. The number of benzene rings is 1. The normalized spacial score (nSPS) is 12.4. The molecule has 0 saturated carbocycles. The summed E-state index contributed by atoms with van der Waals surface area (Å²) in [4.78, 5) is 4.46. The Hall–Kier alpha value is -1.45. The van der Waals surface area contributed by atoms with Gasteiger partial charge in [-0.2, -0.15) is 0 Å². The van der Waals surface area contributed by atoms with E-state index in [0.717, 1.165) is 18.5 Å². The highest BCUT2D eigenvalue weighted by Gasteiger charge is 2.13. The molecule has 0 aliphatic heterocycles. The van der Waals surface area contributed by atoms with Crippen molar-refractivity contribution in [3.8, 4) is 0 Å². The van der Waals surface area contributed by atoms with Gasteiger partial charge in [-0.3, -0.25) is 4.98 Å². The fourth-order valence-corrected chi connectivity index (χ4v) is 2.48. The highest BCUT2D eigenvalue weighted by Crippen LogP contribution is 2.19. The SMILES string of the molecule is CCc1ccc(CC(Cc2cccc(Cl)c2F)NC)nc1. The molecule has 1 heterocycles. The molecule has 2 rings (SSSR count). The van der Waals surface area contributed by atoms with Crippen molar-refractivity contribution < 1.29 is 4.39 Å². The monoisotopic (exact) mass is 306 g/mol. The van der Waals surface area contributed by atoms with Crippen molar-refractivity contribution in [1.29, 1.82) is 0 Å². The first-order chi connectivity index (χ1) is 10.1. The van der Waals surface area contributed by atoms with Gasteiger partial charge in [-0.25, -0.2) is 4.39 Å². The Bertz CT molecular complexity index is 584. The van der Waals surface area contributed by atoms with E-state index in [9.17, 15) is 4.39 Å². The number of pyridine rings is 1. The van der Waals surface area contributed by atoms with Crippen LogP contribution in [0.25, 0.3) is 0 Å². The molecule has 1 atom stereocenters. The highest BCUT2D eigenvalue weighted by molar-refractivity contribution is 6.30. The van der Waals surface area contributed by atoms with E-state index in [1.165, 1.54) is 5.56 Å². The van der Waals surface area contributed by atoms with Crippen molar-refractivity contribution >= 4 is 11.6 Å². The van der Waals surface area contributed by atoms with Crippen molar-refractivity contribution in [3.63, 3.8) is 0 Å². The Labute approximate surface area is 130 Å². The van der Waals surface area contributed by atoms with E-state index < -0.39 is 0 Å². The van der Waals surface area contributed by atoms with Gasteiger partial charge in [0.1, 0.15) is 5.82 Å². The van der Waals surface area contributed by atoms with E-state index in [4.69, 9.17) is 11.6 Å². The van der Waals surface area contributed by atoms with Crippen LogP contribution in [-0.2, 0) is 19.3 Å². The van der Waals surface area contributed by atoms with Crippen LogP contribution < -0.4 is 5.32 Å². The minimum absolute atomic E-state index is 0.123. The second-order valence-corrected chi connectivity index (χ2v) is 5.53. The van der Waals surface area contributed by atoms with Crippen molar-refractivity contribution in [1.82, 2.24) is 10.3 Å². The molecule has 2 aromatic rings. The summed E-state index contributed by atoms with van der Waals surface area (Å²) in [6.45, 7) is 2.11. The second-order valence-electron chi connectivity index (χ2n) is 5.12. The molecule has 0 bridgehead atoms. The topological polar surface area (TPSA) is 24.9 Å². The lowest BCUT2D eigenvalue weighted by Gasteiger charge is -2.16. The summed E-state index contributed by atoms with van der Waals surface area (Å²) in [5.41, 5.74) is 2.86. The standard InChI is InChI=1S/C17H20ClFN2/c1-3-12-7-8-14(21-11-12)10-15(20-2)9-13-5-4-6-16(18)17(13)19/h4-8,11,15,20H,3,9-10H2,1-2H3. The van der Waals surface area contributed by atoms with E-state index in [0.29, 0.717) is 12.0 Å². The average molecular weight is 307 g/mol. The van der Waals surface area contributed by atoms with E-state index in [1.54, 1.807) is 18.2 Å². The van der Waals surface area contributed by atoms with Gasteiger partial charge in [-0.05, 0) is 43.1 Å². The summed E-state index contributed by atoms with van der Waals surface area (Å²) in [5.74, 6) is -0.325. The molecule has 0 spiro atoms. The van der Waals surface area contributed by atoms with Gasteiger partial charge in [-0.1, -0.05) is 36.7 Å². The third-order valence-corrected chi connectivity index (χ3v) is 3.95. The molecule has 0 saturated heterocycles. The van der Waals surface area contributed by atoms with Gasteiger partial charge in [0.25, 0.3) is 0 Å². The number of hydrogen-bond donors (Lipinski definition) is 1. The number of hydrogen-bond acceptors (Lipinski definition) is 2. The molecule has 1 aromatic heterocycles. The molecule has 0 fully saturated rings. The van der Waals surface area contributed by atoms with Crippen LogP contribution in [0.1, 0.15) is 23.7 Å². The molecular weight excluding hydrogens is 287 g/mol. The van der Waals surface area contributed by atoms with E-state index in [-0.39, 0.29) is 16.9 Å². The second kappa shape index (κ2) is 7.53. The zero-order chi connectivity index (χ0) is 15.2. The fraction of sp³-hybridized carbons (Fsp3) is 0.353. The molecule has 0 aliphatic rings. The van der Waals surface area contributed by atoms with Crippen molar-refractivity contribution in [3.05, 3.63) is 64.2 Å². The third-order valence-electron chi connectivity index (χ3n) is 3.66. The molecule has 0 aliphatic carbocycles. The lowest BCUT2D eigenvalue weighted by molar-refractivity contribution is 0.528. The first kappa shape index (κ1) is 15.9. The molecule has 21 heavy (non-hydrogen) atoms. The summed E-state index contributed by atoms with van der Waals surface area (Å²) in [6.07, 6.45) is 4.23. The Morgan fingerprint density at radius 2 is 2.05 bits per heavy atom. The molecule has 112 valence electrons. The average Bonchev–Trinajstić information content (AvgIpc) is 2.51. The summed E-state index contributed by atoms with van der Waals surface area (Å²) < 4.78 is 14.0. The Kier molecular flexibility index (Phi) is 5.71. The maximum absolute atomic E-state index is 14.0. The smallest absolute Gasteiger partial charge is 0.145 e. The number of aromatic nitrogens is 1. The summed E-state index contributed by atoms with van der Waals surface area (Å²) in [6, 6.07) is 9.38. The van der Waals surface area contributed by atoms with Crippen LogP contribution in [0, 0.1) is 5.82 Å². The minimum atomic E-state index is -0.325. The van der Waals surface area contributed by atoms with Gasteiger partial charge in [0.15, 0.2) is 0 Å². The molecule has 2 nitrogen and oxygen atoms in total. The van der Waals surface area contributed by atoms with Gasteiger partial charge in [0, 0.05) is 24.4 Å². The predicted molar refractivity (Wildman–Crippen MR) is 85.3 cm³/mol. The Balaban J connectivity index is 2.07. The van der Waals surface area contributed by atoms with Crippen LogP contribution in [-0.4, -0.2) is 18.1 Å². The lowest BCUT2D eigenvalue weighted by atomic mass is 10.0. The van der Waals surface area contributed by atoms with Crippen LogP contribution >= 0.6 is 11.6 Å².